The number of benzene rings is 2. The number of halogens is 1. The molecule has 4 rings (SSSR count). The lowest BCUT2D eigenvalue weighted by atomic mass is 10.2. The van der Waals surface area contributed by atoms with E-state index in [0.29, 0.717) is 27.3 Å². The highest BCUT2D eigenvalue weighted by Gasteiger charge is 2.16. The van der Waals surface area contributed by atoms with Crippen molar-refractivity contribution in [3.8, 4) is 11.4 Å². The Kier molecular flexibility index (Phi) is 4.67. The van der Waals surface area contributed by atoms with Gasteiger partial charge in [0, 0.05) is 12.1 Å². The fraction of sp³-hybridized carbons (Fsp3) is 0.100. The third kappa shape index (κ3) is 3.05. The molecule has 0 saturated carbocycles. The highest BCUT2D eigenvalue weighted by molar-refractivity contribution is 6.33. The number of para-hydroxylation sites is 1. The summed E-state index contributed by atoms with van der Waals surface area (Å²) in [6.07, 6.45) is 1.50. The van der Waals surface area contributed by atoms with Gasteiger partial charge in [0.15, 0.2) is 0 Å². The highest BCUT2D eigenvalue weighted by atomic mass is 35.5. The van der Waals surface area contributed by atoms with Crippen LogP contribution in [0.2, 0.25) is 5.02 Å². The quantitative estimate of drug-likeness (QED) is 0.486. The maximum Gasteiger partial charge on any atom is 0.332 e. The molecular weight excluding hydrogens is 380 g/mol. The lowest BCUT2D eigenvalue weighted by molar-refractivity contribution is 0.369. The standard InChI is InChI=1S/C20H15ClN4O3/c1-2-11-24-19(26)14-8-4-6-10-16(14)25(20(24)27)12-17-22-18(23-28-17)13-7-3-5-9-15(13)21/h2-10H,1,11-12H2. The van der Waals surface area contributed by atoms with Gasteiger partial charge in [-0.2, -0.15) is 4.98 Å². The summed E-state index contributed by atoms with van der Waals surface area (Å²) in [5.41, 5.74) is 0.295. The largest absolute Gasteiger partial charge is 0.337 e. The van der Waals surface area contributed by atoms with Gasteiger partial charge in [0.2, 0.25) is 11.7 Å². The number of hydrogen-bond acceptors (Lipinski definition) is 5. The number of fused-ring (bicyclic) bond motifs is 1. The molecule has 0 radical (unpaired) electrons. The Labute approximate surface area is 164 Å². The molecule has 0 N–H and O–H groups in total. The van der Waals surface area contributed by atoms with Crippen LogP contribution in [0.4, 0.5) is 0 Å². The molecule has 0 bridgehead atoms. The molecule has 0 unspecified atom stereocenters. The van der Waals surface area contributed by atoms with E-state index in [0.717, 1.165) is 4.57 Å². The van der Waals surface area contributed by atoms with Gasteiger partial charge in [-0.1, -0.05) is 47.1 Å². The fourth-order valence-corrected chi connectivity index (χ4v) is 3.24. The van der Waals surface area contributed by atoms with Crippen LogP contribution in [0.25, 0.3) is 22.3 Å². The topological polar surface area (TPSA) is 82.9 Å². The Bertz CT molecular complexity index is 1300. The van der Waals surface area contributed by atoms with Crippen LogP contribution in [0.1, 0.15) is 5.89 Å². The van der Waals surface area contributed by atoms with E-state index in [2.05, 4.69) is 16.7 Å². The minimum Gasteiger partial charge on any atom is -0.337 e. The Morgan fingerprint density at radius 2 is 1.82 bits per heavy atom. The van der Waals surface area contributed by atoms with Crippen molar-refractivity contribution in [3.05, 3.63) is 92.9 Å². The molecule has 140 valence electrons. The molecule has 7 nitrogen and oxygen atoms in total. The predicted octanol–water partition coefficient (Wildman–Crippen LogP) is 3.10. The zero-order valence-electron chi connectivity index (χ0n) is 14.7. The van der Waals surface area contributed by atoms with Crippen LogP contribution in [0.5, 0.6) is 0 Å². The van der Waals surface area contributed by atoms with Crippen LogP contribution in [0.3, 0.4) is 0 Å². The smallest absolute Gasteiger partial charge is 0.332 e. The first-order valence-corrected chi connectivity index (χ1v) is 8.88. The predicted molar refractivity (Wildman–Crippen MR) is 107 cm³/mol. The molecule has 0 amide bonds. The molecule has 0 aliphatic heterocycles. The highest BCUT2D eigenvalue weighted by Crippen LogP contribution is 2.25. The van der Waals surface area contributed by atoms with Gasteiger partial charge < -0.3 is 4.52 Å². The zero-order chi connectivity index (χ0) is 19.7. The Balaban J connectivity index is 1.83. The second kappa shape index (κ2) is 7.28. The van der Waals surface area contributed by atoms with E-state index in [1.54, 1.807) is 42.5 Å². The molecular formula is C20H15ClN4O3. The fourth-order valence-electron chi connectivity index (χ4n) is 3.02. The van der Waals surface area contributed by atoms with Crippen molar-refractivity contribution in [2.75, 3.05) is 0 Å². The molecule has 0 atom stereocenters. The van der Waals surface area contributed by atoms with Crippen molar-refractivity contribution < 1.29 is 4.52 Å². The summed E-state index contributed by atoms with van der Waals surface area (Å²) in [6.45, 7) is 3.75. The van der Waals surface area contributed by atoms with Crippen LogP contribution in [0.15, 0.2) is 75.3 Å². The molecule has 2 aromatic heterocycles. The van der Waals surface area contributed by atoms with E-state index >= 15 is 0 Å². The van der Waals surface area contributed by atoms with E-state index in [1.165, 1.54) is 10.6 Å². The average Bonchev–Trinajstić information content (AvgIpc) is 3.17. The van der Waals surface area contributed by atoms with Crippen LogP contribution in [-0.4, -0.2) is 19.3 Å². The first-order valence-electron chi connectivity index (χ1n) is 8.51. The van der Waals surface area contributed by atoms with Crippen molar-refractivity contribution in [3.63, 3.8) is 0 Å². The summed E-state index contributed by atoms with van der Waals surface area (Å²) >= 11 is 6.18. The summed E-state index contributed by atoms with van der Waals surface area (Å²) in [4.78, 5) is 29.9. The Morgan fingerprint density at radius 1 is 1.07 bits per heavy atom. The van der Waals surface area contributed by atoms with Crippen LogP contribution >= 0.6 is 11.6 Å². The number of rotatable bonds is 5. The molecule has 0 saturated heterocycles. The third-order valence-electron chi connectivity index (χ3n) is 4.32. The van der Waals surface area contributed by atoms with Crippen molar-refractivity contribution in [1.82, 2.24) is 19.3 Å². The minimum atomic E-state index is -0.471. The molecule has 0 aliphatic carbocycles. The number of hydrogen-bond donors (Lipinski definition) is 0. The van der Waals surface area contributed by atoms with Gasteiger partial charge in [-0.3, -0.25) is 13.9 Å². The first-order chi connectivity index (χ1) is 13.6. The van der Waals surface area contributed by atoms with Gasteiger partial charge in [-0.05, 0) is 24.3 Å². The molecule has 2 heterocycles. The summed E-state index contributed by atoms with van der Waals surface area (Å²) in [5.74, 6) is 0.559. The van der Waals surface area contributed by atoms with Gasteiger partial charge in [0.05, 0.1) is 15.9 Å². The average molecular weight is 395 g/mol. The van der Waals surface area contributed by atoms with Crippen molar-refractivity contribution in [1.29, 1.82) is 0 Å². The summed E-state index contributed by atoms with van der Waals surface area (Å²) in [6, 6.07) is 14.0. The molecule has 0 fully saturated rings. The molecule has 0 spiro atoms. The summed E-state index contributed by atoms with van der Waals surface area (Å²) < 4.78 is 7.89. The van der Waals surface area contributed by atoms with Crippen molar-refractivity contribution in [2.45, 2.75) is 13.1 Å². The van der Waals surface area contributed by atoms with Gasteiger partial charge in [-0.15, -0.1) is 6.58 Å². The van der Waals surface area contributed by atoms with Crippen molar-refractivity contribution >= 4 is 22.5 Å². The van der Waals surface area contributed by atoms with E-state index in [1.807, 2.05) is 6.07 Å². The van der Waals surface area contributed by atoms with Gasteiger partial charge >= 0.3 is 5.69 Å². The SMILES string of the molecule is C=CCn1c(=O)c2ccccc2n(Cc2nc(-c3ccccc3Cl)no2)c1=O. The lowest BCUT2D eigenvalue weighted by Crippen LogP contribution is -2.40. The lowest BCUT2D eigenvalue weighted by Gasteiger charge is -2.11. The molecule has 0 aliphatic rings. The first kappa shape index (κ1) is 17.9. The number of allylic oxidation sites excluding steroid dienone is 1. The number of aromatic nitrogens is 4. The number of nitrogens with zero attached hydrogens (tertiary/aromatic N) is 4. The monoisotopic (exact) mass is 394 g/mol. The van der Waals surface area contributed by atoms with E-state index in [9.17, 15) is 9.59 Å². The van der Waals surface area contributed by atoms with Crippen LogP contribution in [-0.2, 0) is 13.1 Å². The Hall–Kier alpha value is -3.45. The van der Waals surface area contributed by atoms with Crippen LogP contribution < -0.4 is 11.2 Å². The molecule has 8 heteroatoms. The van der Waals surface area contributed by atoms with Gasteiger partial charge in [-0.25, -0.2) is 4.79 Å². The van der Waals surface area contributed by atoms with Gasteiger partial charge in [0.25, 0.3) is 5.56 Å². The second-order valence-corrected chi connectivity index (χ2v) is 6.49. The second-order valence-electron chi connectivity index (χ2n) is 6.08. The van der Waals surface area contributed by atoms with Crippen LogP contribution in [0, 0.1) is 0 Å². The maximum absolute atomic E-state index is 12.9. The molecule has 2 aromatic carbocycles. The minimum absolute atomic E-state index is 0.0220. The Morgan fingerprint density at radius 3 is 2.61 bits per heavy atom. The van der Waals surface area contributed by atoms with E-state index in [4.69, 9.17) is 16.1 Å². The van der Waals surface area contributed by atoms with Gasteiger partial charge in [0.1, 0.15) is 6.54 Å². The summed E-state index contributed by atoms with van der Waals surface area (Å²) in [5, 5.41) is 4.88. The van der Waals surface area contributed by atoms with E-state index < -0.39 is 5.69 Å². The third-order valence-corrected chi connectivity index (χ3v) is 4.65. The molecule has 4 aromatic rings. The molecule has 28 heavy (non-hydrogen) atoms. The van der Waals surface area contributed by atoms with E-state index in [-0.39, 0.29) is 24.5 Å². The maximum atomic E-state index is 12.9. The normalized spacial score (nSPS) is 11.0. The van der Waals surface area contributed by atoms with Crippen molar-refractivity contribution in [2.24, 2.45) is 0 Å². The summed E-state index contributed by atoms with van der Waals surface area (Å²) in [7, 11) is 0. The zero-order valence-corrected chi connectivity index (χ0v) is 15.5.